The number of aromatic nitrogens is 2. The van der Waals surface area contributed by atoms with E-state index in [0.717, 1.165) is 32.9 Å². The fourth-order valence-electron chi connectivity index (χ4n) is 3.12. The van der Waals surface area contributed by atoms with Crippen LogP contribution >= 0.6 is 23.4 Å². The first-order chi connectivity index (χ1) is 12.7. The lowest BCUT2D eigenvalue weighted by Gasteiger charge is -2.09. The van der Waals surface area contributed by atoms with E-state index < -0.39 is 0 Å². The van der Waals surface area contributed by atoms with Gasteiger partial charge in [-0.1, -0.05) is 41.6 Å². The monoisotopic (exact) mass is 380 g/mol. The van der Waals surface area contributed by atoms with Crippen LogP contribution in [0.3, 0.4) is 0 Å². The van der Waals surface area contributed by atoms with Gasteiger partial charge in [0.25, 0.3) is 0 Å². The Balaban J connectivity index is 1.94. The van der Waals surface area contributed by atoms with Crippen LogP contribution in [-0.2, 0) is 0 Å². The number of benzene rings is 2. The van der Waals surface area contributed by atoms with Crippen LogP contribution in [0.1, 0.15) is 5.69 Å². The molecule has 26 heavy (non-hydrogen) atoms. The fraction of sp³-hybridized carbons (Fsp3) is 0.0952. The third-order valence-corrected chi connectivity index (χ3v) is 5.81. The van der Waals surface area contributed by atoms with Crippen LogP contribution in [0.15, 0.2) is 76.8 Å². The molecular weight excluding hydrogens is 364 g/mol. The summed E-state index contributed by atoms with van der Waals surface area (Å²) in [5.41, 5.74) is 3.23. The molecule has 0 saturated heterocycles. The number of nitrogens with zero attached hydrogens (tertiary/aromatic N) is 2. The highest BCUT2D eigenvalue weighted by atomic mass is 35.5. The van der Waals surface area contributed by atoms with Crippen LogP contribution in [-0.4, -0.2) is 16.7 Å². The Hall–Kier alpha value is -2.43. The quantitative estimate of drug-likeness (QED) is 0.425. The molecule has 0 aliphatic heterocycles. The van der Waals surface area contributed by atoms with Crippen molar-refractivity contribution in [1.29, 1.82) is 0 Å². The van der Waals surface area contributed by atoms with Crippen molar-refractivity contribution in [2.45, 2.75) is 16.7 Å². The zero-order chi connectivity index (χ0) is 18.1. The van der Waals surface area contributed by atoms with Gasteiger partial charge in [0, 0.05) is 27.2 Å². The van der Waals surface area contributed by atoms with Crippen molar-refractivity contribution in [2.75, 3.05) is 7.11 Å². The number of ether oxygens (including phenoxy) is 1. The molecule has 0 spiro atoms. The second-order valence-electron chi connectivity index (χ2n) is 5.88. The van der Waals surface area contributed by atoms with Crippen LogP contribution in [0.25, 0.3) is 16.6 Å². The number of rotatable bonds is 4. The van der Waals surface area contributed by atoms with E-state index in [0.29, 0.717) is 5.02 Å². The van der Waals surface area contributed by atoms with Crippen molar-refractivity contribution in [3.05, 3.63) is 77.7 Å². The van der Waals surface area contributed by atoms with Gasteiger partial charge in [-0.3, -0.25) is 4.98 Å². The highest BCUT2D eigenvalue weighted by Crippen LogP contribution is 2.43. The third kappa shape index (κ3) is 2.96. The van der Waals surface area contributed by atoms with Crippen LogP contribution in [0, 0.1) is 6.92 Å². The van der Waals surface area contributed by atoms with Crippen LogP contribution < -0.4 is 4.74 Å². The minimum atomic E-state index is 0.717. The molecule has 130 valence electrons. The van der Waals surface area contributed by atoms with Crippen molar-refractivity contribution in [1.82, 2.24) is 9.55 Å². The lowest BCUT2D eigenvalue weighted by atomic mass is 10.2. The van der Waals surface area contributed by atoms with Crippen molar-refractivity contribution in [2.24, 2.45) is 0 Å². The molecule has 0 unspecified atom stereocenters. The number of fused-ring (bicyclic) bond motifs is 1. The molecule has 0 saturated carbocycles. The van der Waals surface area contributed by atoms with Gasteiger partial charge in [-0.2, -0.15) is 0 Å². The Kier molecular flexibility index (Phi) is 4.62. The van der Waals surface area contributed by atoms with Crippen molar-refractivity contribution < 1.29 is 4.74 Å². The molecule has 5 heteroatoms. The first-order valence-electron chi connectivity index (χ1n) is 8.21. The van der Waals surface area contributed by atoms with E-state index in [4.69, 9.17) is 16.3 Å². The number of para-hydroxylation sites is 1. The smallest absolute Gasteiger partial charge is 0.132 e. The molecule has 0 fully saturated rings. The lowest BCUT2D eigenvalue weighted by Crippen LogP contribution is -1.97. The molecule has 3 nitrogen and oxygen atoms in total. The average Bonchev–Trinajstić information content (AvgIpc) is 2.94. The molecular formula is C21H17ClN2OS. The van der Waals surface area contributed by atoms with Crippen molar-refractivity contribution in [3.8, 4) is 11.4 Å². The minimum Gasteiger partial charge on any atom is -0.496 e. The zero-order valence-electron chi connectivity index (χ0n) is 14.4. The van der Waals surface area contributed by atoms with E-state index in [-0.39, 0.29) is 0 Å². The third-order valence-electron chi connectivity index (χ3n) is 4.29. The summed E-state index contributed by atoms with van der Waals surface area (Å²) in [7, 11) is 1.70. The number of methoxy groups -OCH3 is 1. The summed E-state index contributed by atoms with van der Waals surface area (Å²) in [6.07, 6.45) is 3.65. The van der Waals surface area contributed by atoms with E-state index in [1.807, 2.05) is 42.6 Å². The second kappa shape index (κ2) is 7.06. The minimum absolute atomic E-state index is 0.717. The number of hydrogen-bond acceptors (Lipinski definition) is 3. The van der Waals surface area contributed by atoms with E-state index in [1.54, 1.807) is 25.1 Å². The zero-order valence-corrected chi connectivity index (χ0v) is 16.0. The Labute approximate surface area is 161 Å². The lowest BCUT2D eigenvalue weighted by molar-refractivity contribution is 0.405. The fourth-order valence-corrected chi connectivity index (χ4v) is 4.43. The van der Waals surface area contributed by atoms with E-state index in [9.17, 15) is 0 Å². The normalized spacial score (nSPS) is 11.0. The van der Waals surface area contributed by atoms with Gasteiger partial charge in [-0.05, 0) is 43.3 Å². The second-order valence-corrected chi connectivity index (χ2v) is 7.36. The molecule has 4 rings (SSSR count). The summed E-state index contributed by atoms with van der Waals surface area (Å²) in [5, 5.41) is 1.88. The highest BCUT2D eigenvalue weighted by molar-refractivity contribution is 7.99. The van der Waals surface area contributed by atoms with E-state index >= 15 is 0 Å². The predicted octanol–water partition coefficient (Wildman–Crippen LogP) is 6.15. The maximum absolute atomic E-state index is 6.29. The topological polar surface area (TPSA) is 27.1 Å². The Bertz CT molecular complexity index is 1080. The SMILES string of the molecule is COc1ccccc1Sc1c(C)n(-c2cccnc2)c2cc(Cl)ccc12. The van der Waals surface area contributed by atoms with E-state index in [2.05, 4.69) is 34.7 Å². The molecule has 0 atom stereocenters. The molecule has 0 aliphatic carbocycles. The molecule has 0 amide bonds. The molecule has 2 aromatic heterocycles. The highest BCUT2D eigenvalue weighted by Gasteiger charge is 2.18. The summed E-state index contributed by atoms with van der Waals surface area (Å²) >= 11 is 8.00. The maximum atomic E-state index is 6.29. The molecule has 0 bridgehead atoms. The molecule has 2 heterocycles. The van der Waals surface area contributed by atoms with Gasteiger partial charge in [-0.25, -0.2) is 0 Å². The molecule has 0 N–H and O–H groups in total. The van der Waals surface area contributed by atoms with Crippen LogP contribution in [0.4, 0.5) is 0 Å². The Morgan fingerprint density at radius 2 is 1.92 bits per heavy atom. The first-order valence-corrected chi connectivity index (χ1v) is 9.40. The summed E-state index contributed by atoms with van der Waals surface area (Å²) in [6.45, 7) is 2.12. The molecule has 0 radical (unpaired) electrons. The van der Waals surface area contributed by atoms with Crippen LogP contribution in [0.5, 0.6) is 5.75 Å². The van der Waals surface area contributed by atoms with Crippen molar-refractivity contribution >= 4 is 34.3 Å². The largest absolute Gasteiger partial charge is 0.496 e. The van der Waals surface area contributed by atoms with Gasteiger partial charge in [-0.15, -0.1) is 0 Å². The van der Waals surface area contributed by atoms with Gasteiger partial charge in [0.2, 0.25) is 0 Å². The predicted molar refractivity (Wildman–Crippen MR) is 108 cm³/mol. The van der Waals surface area contributed by atoms with Gasteiger partial charge in [0.1, 0.15) is 5.75 Å². The van der Waals surface area contributed by atoms with Gasteiger partial charge >= 0.3 is 0 Å². The summed E-state index contributed by atoms with van der Waals surface area (Å²) in [5.74, 6) is 0.869. The molecule has 4 aromatic rings. The average molecular weight is 381 g/mol. The molecule has 0 aliphatic rings. The van der Waals surface area contributed by atoms with E-state index in [1.165, 1.54) is 4.90 Å². The Morgan fingerprint density at radius 1 is 1.08 bits per heavy atom. The first kappa shape index (κ1) is 17.0. The molecule has 2 aromatic carbocycles. The number of pyridine rings is 1. The number of halogens is 1. The van der Waals surface area contributed by atoms with Gasteiger partial charge < -0.3 is 9.30 Å². The van der Waals surface area contributed by atoms with Gasteiger partial charge in [0.05, 0.1) is 29.4 Å². The summed E-state index contributed by atoms with van der Waals surface area (Å²) in [6, 6.07) is 18.1. The number of hydrogen-bond donors (Lipinski definition) is 0. The maximum Gasteiger partial charge on any atom is 0.132 e. The summed E-state index contributed by atoms with van der Waals surface area (Å²) in [4.78, 5) is 6.54. The van der Waals surface area contributed by atoms with Gasteiger partial charge in [0.15, 0.2) is 0 Å². The Morgan fingerprint density at radius 3 is 2.69 bits per heavy atom. The standard InChI is InChI=1S/C21H17ClN2OS/c1-14-21(26-20-8-4-3-7-19(20)25-2)17-10-9-15(22)12-18(17)24(14)16-6-5-11-23-13-16/h3-13H,1-2H3. The summed E-state index contributed by atoms with van der Waals surface area (Å²) < 4.78 is 7.72. The van der Waals surface area contributed by atoms with Crippen molar-refractivity contribution in [3.63, 3.8) is 0 Å². The van der Waals surface area contributed by atoms with Crippen LogP contribution in [0.2, 0.25) is 5.02 Å².